The molecule has 0 aliphatic carbocycles. The Morgan fingerprint density at radius 2 is 2.11 bits per heavy atom. The van der Waals surface area contributed by atoms with Crippen LogP contribution in [-0.4, -0.2) is 19.1 Å². The molecule has 1 aromatic carbocycles. The molecule has 0 bridgehead atoms. The van der Waals surface area contributed by atoms with Crippen molar-refractivity contribution in [3.63, 3.8) is 0 Å². The minimum absolute atomic E-state index is 0.0533. The molecular formula is C14H20FNO2. The molecule has 4 heteroatoms. The van der Waals surface area contributed by atoms with E-state index in [0.29, 0.717) is 6.54 Å². The van der Waals surface area contributed by atoms with Gasteiger partial charge in [0, 0.05) is 6.54 Å². The van der Waals surface area contributed by atoms with E-state index in [9.17, 15) is 9.18 Å². The third-order valence-corrected chi connectivity index (χ3v) is 2.53. The molecule has 1 rings (SSSR count). The first kappa shape index (κ1) is 14.5. The molecule has 100 valence electrons. The van der Waals surface area contributed by atoms with Gasteiger partial charge in [0.15, 0.2) is 11.6 Å². The first-order chi connectivity index (χ1) is 8.74. The quantitative estimate of drug-likeness (QED) is 0.723. The fourth-order valence-corrected chi connectivity index (χ4v) is 1.51. The van der Waals surface area contributed by atoms with E-state index in [1.807, 2.05) is 0 Å². The van der Waals surface area contributed by atoms with E-state index in [2.05, 4.69) is 12.2 Å². The molecule has 18 heavy (non-hydrogen) atoms. The molecule has 0 spiro atoms. The van der Waals surface area contributed by atoms with Crippen LogP contribution < -0.4 is 10.1 Å². The van der Waals surface area contributed by atoms with E-state index in [-0.39, 0.29) is 24.7 Å². The van der Waals surface area contributed by atoms with Crippen LogP contribution in [0.3, 0.4) is 0 Å². The molecule has 1 amide bonds. The van der Waals surface area contributed by atoms with Gasteiger partial charge in [-0.2, -0.15) is 0 Å². The third-order valence-electron chi connectivity index (χ3n) is 2.53. The number of hydrogen-bond donors (Lipinski definition) is 1. The first-order valence-corrected chi connectivity index (χ1v) is 6.38. The zero-order valence-corrected chi connectivity index (χ0v) is 10.7. The second-order valence-electron chi connectivity index (χ2n) is 4.09. The summed E-state index contributed by atoms with van der Waals surface area (Å²) in [5, 5.41) is 2.81. The van der Waals surface area contributed by atoms with Crippen LogP contribution in [0.4, 0.5) is 4.39 Å². The number of hydrogen-bond acceptors (Lipinski definition) is 2. The summed E-state index contributed by atoms with van der Waals surface area (Å²) in [6.07, 6.45) is 3.50. The van der Waals surface area contributed by atoms with Crippen molar-refractivity contribution in [2.45, 2.75) is 32.6 Å². The van der Waals surface area contributed by atoms with Gasteiger partial charge in [0.25, 0.3) is 0 Å². The first-order valence-electron chi connectivity index (χ1n) is 6.38. The lowest BCUT2D eigenvalue weighted by Crippen LogP contribution is -2.25. The van der Waals surface area contributed by atoms with Gasteiger partial charge in [-0.25, -0.2) is 4.39 Å². The van der Waals surface area contributed by atoms with Gasteiger partial charge in [0.1, 0.15) is 0 Å². The summed E-state index contributed by atoms with van der Waals surface area (Å²) in [6.45, 7) is 3.01. The highest BCUT2D eigenvalue weighted by molar-refractivity contribution is 5.75. The molecule has 1 N–H and O–H groups in total. The van der Waals surface area contributed by atoms with E-state index < -0.39 is 5.82 Å². The summed E-state index contributed by atoms with van der Waals surface area (Å²) < 4.78 is 18.4. The second kappa shape index (κ2) is 8.50. The average molecular weight is 253 g/mol. The maximum Gasteiger partial charge on any atom is 0.223 e. The minimum atomic E-state index is -0.402. The van der Waals surface area contributed by atoms with Crippen LogP contribution in [0.2, 0.25) is 0 Å². The zero-order chi connectivity index (χ0) is 13.2. The highest BCUT2D eigenvalue weighted by Crippen LogP contribution is 2.15. The van der Waals surface area contributed by atoms with Crippen LogP contribution in [0, 0.1) is 5.82 Å². The largest absolute Gasteiger partial charge is 0.490 e. The summed E-state index contributed by atoms with van der Waals surface area (Å²) in [5.41, 5.74) is 0. The van der Waals surface area contributed by atoms with Gasteiger partial charge in [-0.05, 0) is 18.6 Å². The number of unbranched alkanes of at least 4 members (excludes halogenated alkanes) is 2. The summed E-state index contributed by atoms with van der Waals surface area (Å²) in [5.74, 6) is -0.264. The summed E-state index contributed by atoms with van der Waals surface area (Å²) >= 11 is 0. The number of halogens is 1. The molecule has 0 fully saturated rings. The van der Waals surface area contributed by atoms with Crippen LogP contribution in [0.25, 0.3) is 0 Å². The smallest absolute Gasteiger partial charge is 0.223 e. The van der Waals surface area contributed by atoms with Gasteiger partial charge in [-0.1, -0.05) is 31.9 Å². The Hall–Kier alpha value is -1.58. The van der Waals surface area contributed by atoms with Gasteiger partial charge in [0.05, 0.1) is 13.0 Å². The molecule has 0 aromatic heterocycles. The Kier molecular flexibility index (Phi) is 6.84. The van der Waals surface area contributed by atoms with Crippen LogP contribution in [0.1, 0.15) is 32.6 Å². The average Bonchev–Trinajstić information content (AvgIpc) is 2.37. The Bertz CT molecular complexity index is 369. The standard InChI is InChI=1S/C14H20FNO2/c1-2-3-6-10-16-14(17)9-11-18-13-8-5-4-7-12(13)15/h4-5,7-8H,2-3,6,9-11H2,1H3,(H,16,17). The number of para-hydroxylation sites is 1. The maximum absolute atomic E-state index is 13.2. The number of amides is 1. The van der Waals surface area contributed by atoms with Gasteiger partial charge in [-0.15, -0.1) is 0 Å². The molecule has 0 saturated carbocycles. The molecule has 0 radical (unpaired) electrons. The third kappa shape index (κ3) is 5.66. The van der Waals surface area contributed by atoms with Gasteiger partial charge in [0.2, 0.25) is 5.91 Å². The topological polar surface area (TPSA) is 38.3 Å². The summed E-state index contributed by atoms with van der Waals surface area (Å²) in [6, 6.07) is 6.18. The molecule has 1 aromatic rings. The lowest BCUT2D eigenvalue weighted by atomic mass is 10.2. The Morgan fingerprint density at radius 1 is 1.33 bits per heavy atom. The highest BCUT2D eigenvalue weighted by Gasteiger charge is 2.04. The summed E-state index contributed by atoms with van der Waals surface area (Å²) in [7, 11) is 0. The van der Waals surface area contributed by atoms with Gasteiger partial charge >= 0.3 is 0 Å². The van der Waals surface area contributed by atoms with Crippen molar-refractivity contribution in [2.75, 3.05) is 13.2 Å². The minimum Gasteiger partial charge on any atom is -0.490 e. The Morgan fingerprint density at radius 3 is 2.83 bits per heavy atom. The molecule has 0 heterocycles. The maximum atomic E-state index is 13.2. The van der Waals surface area contributed by atoms with Crippen molar-refractivity contribution in [3.05, 3.63) is 30.1 Å². The molecule has 3 nitrogen and oxygen atoms in total. The van der Waals surface area contributed by atoms with E-state index in [1.54, 1.807) is 18.2 Å². The van der Waals surface area contributed by atoms with E-state index >= 15 is 0 Å². The number of nitrogens with one attached hydrogen (secondary N) is 1. The van der Waals surface area contributed by atoms with Gasteiger partial charge < -0.3 is 10.1 Å². The van der Waals surface area contributed by atoms with Gasteiger partial charge in [-0.3, -0.25) is 4.79 Å². The number of carbonyl (C=O) groups excluding carboxylic acids is 1. The number of ether oxygens (including phenoxy) is 1. The fourth-order valence-electron chi connectivity index (χ4n) is 1.51. The Labute approximate surface area is 107 Å². The monoisotopic (exact) mass is 253 g/mol. The van der Waals surface area contributed by atoms with E-state index in [4.69, 9.17) is 4.74 Å². The van der Waals surface area contributed by atoms with Crippen LogP contribution in [0.5, 0.6) is 5.75 Å². The van der Waals surface area contributed by atoms with Crippen LogP contribution in [0.15, 0.2) is 24.3 Å². The molecule has 0 saturated heterocycles. The van der Waals surface area contributed by atoms with Crippen molar-refractivity contribution in [3.8, 4) is 5.75 Å². The lowest BCUT2D eigenvalue weighted by Gasteiger charge is -2.07. The predicted molar refractivity (Wildman–Crippen MR) is 69.0 cm³/mol. The predicted octanol–water partition coefficient (Wildman–Crippen LogP) is 2.90. The van der Waals surface area contributed by atoms with Crippen molar-refractivity contribution in [2.24, 2.45) is 0 Å². The summed E-state index contributed by atoms with van der Waals surface area (Å²) in [4.78, 5) is 11.4. The Balaban J connectivity index is 2.14. The van der Waals surface area contributed by atoms with E-state index in [0.717, 1.165) is 19.3 Å². The van der Waals surface area contributed by atoms with Crippen LogP contribution >= 0.6 is 0 Å². The van der Waals surface area contributed by atoms with E-state index in [1.165, 1.54) is 6.07 Å². The fraction of sp³-hybridized carbons (Fsp3) is 0.500. The van der Waals surface area contributed by atoms with Crippen molar-refractivity contribution in [1.82, 2.24) is 5.32 Å². The molecule has 0 unspecified atom stereocenters. The number of rotatable bonds is 8. The molecule has 0 atom stereocenters. The second-order valence-corrected chi connectivity index (χ2v) is 4.09. The molecule has 0 aliphatic heterocycles. The molecule has 0 aliphatic rings. The highest BCUT2D eigenvalue weighted by atomic mass is 19.1. The normalized spacial score (nSPS) is 10.1. The lowest BCUT2D eigenvalue weighted by molar-refractivity contribution is -0.121. The van der Waals surface area contributed by atoms with Crippen LogP contribution in [-0.2, 0) is 4.79 Å². The zero-order valence-electron chi connectivity index (χ0n) is 10.7. The molecular weight excluding hydrogens is 233 g/mol. The SMILES string of the molecule is CCCCCNC(=O)CCOc1ccccc1F. The number of benzene rings is 1. The van der Waals surface area contributed by atoms with Crippen molar-refractivity contribution < 1.29 is 13.9 Å². The van der Waals surface area contributed by atoms with Crippen molar-refractivity contribution in [1.29, 1.82) is 0 Å². The number of carbonyl (C=O) groups is 1. The van der Waals surface area contributed by atoms with Crippen molar-refractivity contribution >= 4 is 5.91 Å².